The zero-order valence-electron chi connectivity index (χ0n) is 16.6. The fourth-order valence-corrected chi connectivity index (χ4v) is 3.73. The Morgan fingerprint density at radius 1 is 1.36 bits per heavy atom. The van der Waals surface area contributed by atoms with Crippen LogP contribution in [0, 0.1) is 19.8 Å². The molecule has 0 bridgehead atoms. The molecular formula is C21H33NO3. The van der Waals surface area contributed by atoms with Crippen LogP contribution in [0.1, 0.15) is 64.0 Å². The van der Waals surface area contributed by atoms with E-state index >= 15 is 0 Å². The third kappa shape index (κ3) is 4.55. The average Bonchev–Trinajstić information content (AvgIpc) is 2.57. The summed E-state index contributed by atoms with van der Waals surface area (Å²) >= 11 is 0. The second-order valence-corrected chi connectivity index (χ2v) is 7.63. The van der Waals surface area contributed by atoms with Crippen molar-refractivity contribution in [3.8, 4) is 5.75 Å². The second-order valence-electron chi connectivity index (χ2n) is 7.63. The van der Waals surface area contributed by atoms with Crippen LogP contribution in [0.25, 0.3) is 0 Å². The van der Waals surface area contributed by atoms with Gasteiger partial charge < -0.3 is 14.8 Å². The van der Waals surface area contributed by atoms with Crippen LogP contribution >= 0.6 is 0 Å². The lowest BCUT2D eigenvalue weighted by Crippen LogP contribution is -2.47. The molecule has 0 spiro atoms. The second kappa shape index (κ2) is 8.22. The van der Waals surface area contributed by atoms with Crippen molar-refractivity contribution in [3.63, 3.8) is 0 Å². The molecule has 1 aliphatic carbocycles. The van der Waals surface area contributed by atoms with Gasteiger partial charge in [0.1, 0.15) is 11.4 Å². The number of hydrogen-bond donors (Lipinski definition) is 1. The third-order valence-electron chi connectivity index (χ3n) is 5.37. The van der Waals surface area contributed by atoms with Gasteiger partial charge in [-0.25, -0.2) is 0 Å². The average molecular weight is 347 g/mol. The summed E-state index contributed by atoms with van der Waals surface area (Å²) in [7, 11) is 1.65. The van der Waals surface area contributed by atoms with Gasteiger partial charge in [-0.3, -0.25) is 4.79 Å². The molecule has 0 saturated heterocycles. The van der Waals surface area contributed by atoms with Gasteiger partial charge in [-0.05, 0) is 75.6 Å². The topological polar surface area (TPSA) is 47.6 Å². The summed E-state index contributed by atoms with van der Waals surface area (Å²) in [6.07, 6.45) is 4.90. The molecule has 3 atom stereocenters. The smallest absolute Gasteiger partial charge is 0.256 e. The minimum Gasteiger partial charge on any atom is -0.490 e. The van der Waals surface area contributed by atoms with Crippen molar-refractivity contribution in [3.05, 3.63) is 23.3 Å². The normalized spacial score (nSPS) is 24.6. The highest BCUT2D eigenvalue weighted by Gasteiger charge is 2.42. The molecule has 0 unspecified atom stereocenters. The Bertz CT molecular complexity index is 590. The number of anilines is 1. The number of hydrogen-bond acceptors (Lipinski definition) is 3. The van der Waals surface area contributed by atoms with E-state index in [0.29, 0.717) is 5.92 Å². The Hall–Kier alpha value is -1.55. The van der Waals surface area contributed by atoms with E-state index in [4.69, 9.17) is 9.47 Å². The Balaban J connectivity index is 2.18. The SMILES string of the molecule is CC[C@@H](C)Oc1c(C)cc(NC(=O)[C@@]2(OC)CCC[C@@H](C)C2)cc1C. The van der Waals surface area contributed by atoms with E-state index in [1.54, 1.807) is 7.11 Å². The summed E-state index contributed by atoms with van der Waals surface area (Å²) in [6, 6.07) is 3.97. The van der Waals surface area contributed by atoms with Crippen molar-refractivity contribution in [2.75, 3.05) is 12.4 Å². The van der Waals surface area contributed by atoms with E-state index in [1.807, 2.05) is 26.0 Å². The fraction of sp³-hybridized carbons (Fsp3) is 0.667. The molecule has 0 aromatic heterocycles. The van der Waals surface area contributed by atoms with E-state index in [1.165, 1.54) is 0 Å². The first kappa shape index (κ1) is 19.8. The van der Waals surface area contributed by atoms with Gasteiger partial charge in [0.2, 0.25) is 0 Å². The number of nitrogens with one attached hydrogen (secondary N) is 1. The Kier molecular flexibility index (Phi) is 6.50. The number of benzene rings is 1. The maximum absolute atomic E-state index is 12.9. The summed E-state index contributed by atoms with van der Waals surface area (Å²) in [6.45, 7) is 10.4. The molecule has 4 heteroatoms. The monoisotopic (exact) mass is 347 g/mol. The van der Waals surface area contributed by atoms with Crippen molar-refractivity contribution in [2.24, 2.45) is 5.92 Å². The molecule has 1 fully saturated rings. The van der Waals surface area contributed by atoms with Crippen LogP contribution in [0.4, 0.5) is 5.69 Å². The molecule has 1 N–H and O–H groups in total. The van der Waals surface area contributed by atoms with Gasteiger partial charge in [-0.15, -0.1) is 0 Å². The number of carbonyl (C=O) groups is 1. The summed E-state index contributed by atoms with van der Waals surface area (Å²) in [5.41, 5.74) is 2.19. The van der Waals surface area contributed by atoms with E-state index in [2.05, 4.69) is 26.1 Å². The lowest BCUT2D eigenvalue weighted by atomic mass is 9.78. The van der Waals surface area contributed by atoms with Crippen molar-refractivity contribution in [1.82, 2.24) is 0 Å². The van der Waals surface area contributed by atoms with Gasteiger partial charge in [-0.1, -0.05) is 20.3 Å². The maximum Gasteiger partial charge on any atom is 0.256 e. The van der Waals surface area contributed by atoms with E-state index in [0.717, 1.165) is 54.7 Å². The zero-order valence-corrected chi connectivity index (χ0v) is 16.6. The van der Waals surface area contributed by atoms with Crippen LogP contribution in [0.15, 0.2) is 12.1 Å². The summed E-state index contributed by atoms with van der Waals surface area (Å²) in [5, 5.41) is 3.08. The molecule has 1 saturated carbocycles. The van der Waals surface area contributed by atoms with Gasteiger partial charge in [0.15, 0.2) is 0 Å². The van der Waals surface area contributed by atoms with Crippen LogP contribution < -0.4 is 10.1 Å². The van der Waals surface area contributed by atoms with Gasteiger partial charge >= 0.3 is 0 Å². The Morgan fingerprint density at radius 2 is 2.00 bits per heavy atom. The maximum atomic E-state index is 12.9. The minimum absolute atomic E-state index is 0.0315. The number of amides is 1. The van der Waals surface area contributed by atoms with Gasteiger partial charge in [0, 0.05) is 12.8 Å². The zero-order chi connectivity index (χ0) is 18.6. The van der Waals surface area contributed by atoms with Crippen molar-refractivity contribution in [1.29, 1.82) is 0 Å². The predicted molar refractivity (Wildman–Crippen MR) is 102 cm³/mol. The number of rotatable bonds is 6. The molecule has 1 aromatic rings. The van der Waals surface area contributed by atoms with E-state index < -0.39 is 5.60 Å². The summed E-state index contributed by atoms with van der Waals surface area (Å²) < 4.78 is 11.7. The van der Waals surface area contributed by atoms with Gasteiger partial charge in [0.05, 0.1) is 6.10 Å². The van der Waals surface area contributed by atoms with Gasteiger partial charge in [0.25, 0.3) is 5.91 Å². The molecule has 1 amide bonds. The number of methoxy groups -OCH3 is 1. The molecular weight excluding hydrogens is 314 g/mol. The van der Waals surface area contributed by atoms with Crippen LogP contribution in [0.3, 0.4) is 0 Å². The molecule has 140 valence electrons. The Morgan fingerprint density at radius 3 is 2.52 bits per heavy atom. The number of aryl methyl sites for hydroxylation is 2. The minimum atomic E-state index is -0.703. The number of carbonyl (C=O) groups excluding carboxylic acids is 1. The lowest BCUT2D eigenvalue weighted by molar-refractivity contribution is -0.143. The van der Waals surface area contributed by atoms with Crippen LogP contribution in [-0.4, -0.2) is 24.7 Å². The third-order valence-corrected chi connectivity index (χ3v) is 5.37. The van der Waals surface area contributed by atoms with Crippen molar-refractivity contribution >= 4 is 11.6 Å². The molecule has 4 nitrogen and oxygen atoms in total. The highest BCUT2D eigenvalue weighted by atomic mass is 16.5. The first-order valence-electron chi connectivity index (χ1n) is 9.45. The first-order chi connectivity index (χ1) is 11.8. The quantitative estimate of drug-likeness (QED) is 0.786. The predicted octanol–water partition coefficient (Wildman–Crippen LogP) is 5.01. The lowest BCUT2D eigenvalue weighted by Gasteiger charge is -2.37. The molecule has 0 radical (unpaired) electrons. The van der Waals surface area contributed by atoms with Gasteiger partial charge in [-0.2, -0.15) is 0 Å². The highest BCUT2D eigenvalue weighted by molar-refractivity contribution is 5.97. The largest absolute Gasteiger partial charge is 0.490 e. The molecule has 0 aliphatic heterocycles. The van der Waals surface area contributed by atoms with Crippen molar-refractivity contribution in [2.45, 2.75) is 78.4 Å². The number of ether oxygens (including phenoxy) is 2. The molecule has 2 rings (SSSR count). The van der Waals surface area contributed by atoms with Crippen LogP contribution in [0.2, 0.25) is 0 Å². The molecule has 0 heterocycles. The highest BCUT2D eigenvalue weighted by Crippen LogP contribution is 2.36. The Labute approximate surface area is 152 Å². The van der Waals surface area contributed by atoms with Crippen LogP contribution in [-0.2, 0) is 9.53 Å². The fourth-order valence-electron chi connectivity index (χ4n) is 3.73. The summed E-state index contributed by atoms with van der Waals surface area (Å²) in [5.74, 6) is 1.39. The van der Waals surface area contributed by atoms with Crippen LogP contribution in [0.5, 0.6) is 5.75 Å². The standard InChI is InChI=1S/C21H33NO3/c1-7-17(5)25-19-15(3)11-18(12-16(19)4)22-20(23)21(24-6)10-8-9-14(2)13-21/h11-12,14,17H,7-10,13H2,1-6H3,(H,22,23)/t14-,17-,21-/m1/s1. The van der Waals surface area contributed by atoms with E-state index in [-0.39, 0.29) is 12.0 Å². The first-order valence-corrected chi connectivity index (χ1v) is 9.45. The van der Waals surface area contributed by atoms with E-state index in [9.17, 15) is 4.79 Å². The molecule has 1 aliphatic rings. The van der Waals surface area contributed by atoms with Crippen molar-refractivity contribution < 1.29 is 14.3 Å². The molecule has 25 heavy (non-hydrogen) atoms. The molecule has 1 aromatic carbocycles. The summed E-state index contributed by atoms with van der Waals surface area (Å²) in [4.78, 5) is 12.9.